The first kappa shape index (κ1) is 12.9. The molecule has 1 aliphatic carbocycles. The molecule has 102 valence electrons. The maximum absolute atomic E-state index is 5.36. The molecule has 2 aromatic rings. The molecule has 2 nitrogen and oxygen atoms in total. The number of hydrogen-bond donors (Lipinski definition) is 0. The van der Waals surface area contributed by atoms with E-state index in [2.05, 4.69) is 47.5 Å². The van der Waals surface area contributed by atoms with E-state index >= 15 is 0 Å². The minimum Gasteiger partial charge on any atom is -0.497 e. The zero-order valence-corrected chi connectivity index (χ0v) is 12.0. The van der Waals surface area contributed by atoms with Crippen LogP contribution in [-0.4, -0.2) is 19.9 Å². The minimum absolute atomic E-state index is 0.264. The lowest BCUT2D eigenvalue weighted by molar-refractivity contribution is 0.414. The van der Waals surface area contributed by atoms with Crippen molar-refractivity contribution in [1.82, 2.24) is 0 Å². The van der Waals surface area contributed by atoms with E-state index in [9.17, 15) is 0 Å². The fourth-order valence-electron chi connectivity index (χ4n) is 3.06. The number of aliphatic imine (C=N–C) groups is 1. The average Bonchev–Trinajstić information content (AvgIpc) is 2.53. The summed E-state index contributed by atoms with van der Waals surface area (Å²) in [7, 11) is 3.61. The smallest absolute Gasteiger partial charge is 0.119 e. The molecule has 20 heavy (non-hydrogen) atoms. The summed E-state index contributed by atoms with van der Waals surface area (Å²) in [5, 5.41) is 0. The number of nitrogens with zero attached hydrogens (tertiary/aromatic N) is 1. The van der Waals surface area contributed by atoms with Crippen molar-refractivity contribution < 1.29 is 4.74 Å². The fraction of sp³-hybridized carbons (Fsp3) is 0.278. The van der Waals surface area contributed by atoms with Gasteiger partial charge in [-0.1, -0.05) is 36.4 Å². The van der Waals surface area contributed by atoms with Crippen LogP contribution < -0.4 is 4.74 Å². The summed E-state index contributed by atoms with van der Waals surface area (Å²) < 4.78 is 5.36. The molecule has 1 unspecified atom stereocenters. The largest absolute Gasteiger partial charge is 0.497 e. The molecule has 0 radical (unpaired) electrons. The zero-order chi connectivity index (χ0) is 13.9. The maximum Gasteiger partial charge on any atom is 0.119 e. The van der Waals surface area contributed by atoms with Crippen LogP contribution in [0, 0.1) is 0 Å². The van der Waals surface area contributed by atoms with Crippen LogP contribution in [0.3, 0.4) is 0 Å². The monoisotopic (exact) mass is 265 g/mol. The van der Waals surface area contributed by atoms with Crippen molar-refractivity contribution in [1.29, 1.82) is 0 Å². The van der Waals surface area contributed by atoms with Crippen LogP contribution in [0.2, 0.25) is 0 Å². The van der Waals surface area contributed by atoms with Crippen molar-refractivity contribution in [2.75, 3.05) is 14.2 Å². The molecule has 0 saturated carbocycles. The van der Waals surface area contributed by atoms with Crippen LogP contribution in [0.15, 0.2) is 53.5 Å². The van der Waals surface area contributed by atoms with Gasteiger partial charge in [0.1, 0.15) is 5.75 Å². The number of methoxy groups -OCH3 is 1. The second-order valence-corrected chi connectivity index (χ2v) is 5.12. The van der Waals surface area contributed by atoms with Gasteiger partial charge in [-0.05, 0) is 41.7 Å². The van der Waals surface area contributed by atoms with Crippen LogP contribution in [0.4, 0.5) is 0 Å². The third-order valence-electron chi connectivity index (χ3n) is 4.06. The third-order valence-corrected chi connectivity index (χ3v) is 4.06. The van der Waals surface area contributed by atoms with Crippen molar-refractivity contribution in [3.05, 3.63) is 65.2 Å². The van der Waals surface area contributed by atoms with Gasteiger partial charge in [0.2, 0.25) is 0 Å². The summed E-state index contributed by atoms with van der Waals surface area (Å²) in [5.74, 6) is 1.17. The Morgan fingerprint density at radius 2 is 1.90 bits per heavy atom. The Labute approximate surface area is 120 Å². The Morgan fingerprint density at radius 1 is 1.05 bits per heavy atom. The molecule has 2 heteroatoms. The molecule has 0 aromatic heterocycles. The SMILES string of the molecule is CN=C1CCc2ccccc2C1c1cccc(OC)c1. The van der Waals surface area contributed by atoms with Crippen LogP contribution >= 0.6 is 0 Å². The maximum atomic E-state index is 5.36. The van der Waals surface area contributed by atoms with Gasteiger partial charge in [-0.15, -0.1) is 0 Å². The summed E-state index contributed by atoms with van der Waals surface area (Å²) in [6.45, 7) is 0. The quantitative estimate of drug-likeness (QED) is 0.808. The second kappa shape index (κ2) is 5.49. The standard InChI is InChI=1S/C18H19NO/c1-19-17-11-10-13-6-3-4-9-16(13)18(17)14-7-5-8-15(12-14)20-2/h3-9,12,18H,10-11H2,1-2H3. The lowest BCUT2D eigenvalue weighted by Crippen LogP contribution is -2.21. The minimum atomic E-state index is 0.264. The van der Waals surface area contributed by atoms with Crippen LogP contribution in [0.25, 0.3) is 0 Å². The zero-order valence-electron chi connectivity index (χ0n) is 12.0. The molecule has 0 bridgehead atoms. The number of ether oxygens (including phenoxy) is 1. The molecular formula is C18H19NO. The Morgan fingerprint density at radius 3 is 2.70 bits per heavy atom. The Bertz CT molecular complexity index is 645. The molecule has 1 atom stereocenters. The molecule has 0 spiro atoms. The van der Waals surface area contributed by atoms with E-state index < -0.39 is 0 Å². The number of aryl methyl sites for hydroxylation is 1. The van der Waals surface area contributed by atoms with E-state index in [1.165, 1.54) is 22.4 Å². The molecule has 0 heterocycles. The summed E-state index contributed by atoms with van der Waals surface area (Å²) in [6, 6.07) is 17.0. The predicted octanol–water partition coefficient (Wildman–Crippen LogP) is 3.84. The lowest BCUT2D eigenvalue weighted by atomic mass is 9.77. The Balaban J connectivity index is 2.13. The summed E-state index contributed by atoms with van der Waals surface area (Å²) in [6.07, 6.45) is 2.12. The topological polar surface area (TPSA) is 21.6 Å². The molecule has 0 N–H and O–H groups in total. The van der Waals surface area contributed by atoms with Crippen molar-refractivity contribution in [2.45, 2.75) is 18.8 Å². The molecule has 0 fully saturated rings. The van der Waals surface area contributed by atoms with Crippen LogP contribution in [0.5, 0.6) is 5.75 Å². The summed E-state index contributed by atoms with van der Waals surface area (Å²) in [4.78, 5) is 4.54. The van der Waals surface area contributed by atoms with Crippen molar-refractivity contribution in [3.8, 4) is 5.75 Å². The molecule has 3 rings (SSSR count). The van der Waals surface area contributed by atoms with E-state index in [0.29, 0.717) is 0 Å². The van der Waals surface area contributed by atoms with Gasteiger partial charge in [-0.2, -0.15) is 0 Å². The Hall–Kier alpha value is -2.09. The highest BCUT2D eigenvalue weighted by Crippen LogP contribution is 2.36. The Kier molecular flexibility index (Phi) is 3.55. The van der Waals surface area contributed by atoms with E-state index in [4.69, 9.17) is 4.74 Å². The highest BCUT2D eigenvalue weighted by molar-refractivity contribution is 5.95. The highest BCUT2D eigenvalue weighted by Gasteiger charge is 2.26. The van der Waals surface area contributed by atoms with E-state index in [0.717, 1.165) is 18.6 Å². The van der Waals surface area contributed by atoms with Crippen molar-refractivity contribution in [3.63, 3.8) is 0 Å². The molecule has 1 aliphatic rings. The normalized spacial score (nSPS) is 19.7. The van der Waals surface area contributed by atoms with Gasteiger partial charge < -0.3 is 4.74 Å². The number of rotatable bonds is 2. The molecule has 0 amide bonds. The van der Waals surface area contributed by atoms with Crippen molar-refractivity contribution >= 4 is 5.71 Å². The summed E-state index contributed by atoms with van der Waals surface area (Å²) in [5.41, 5.74) is 5.34. The first-order valence-corrected chi connectivity index (χ1v) is 7.01. The van der Waals surface area contributed by atoms with Gasteiger partial charge >= 0.3 is 0 Å². The van der Waals surface area contributed by atoms with Gasteiger partial charge in [0.25, 0.3) is 0 Å². The first-order valence-electron chi connectivity index (χ1n) is 7.01. The van der Waals surface area contributed by atoms with Crippen LogP contribution in [0.1, 0.15) is 29.0 Å². The van der Waals surface area contributed by atoms with Crippen LogP contribution in [-0.2, 0) is 6.42 Å². The van der Waals surface area contributed by atoms with E-state index in [1.54, 1.807) is 7.11 Å². The highest BCUT2D eigenvalue weighted by atomic mass is 16.5. The molecule has 2 aromatic carbocycles. The molecule has 0 saturated heterocycles. The predicted molar refractivity (Wildman–Crippen MR) is 83.0 cm³/mol. The third kappa shape index (κ3) is 2.22. The number of hydrogen-bond acceptors (Lipinski definition) is 2. The van der Waals surface area contributed by atoms with E-state index in [-0.39, 0.29) is 5.92 Å². The van der Waals surface area contributed by atoms with Crippen molar-refractivity contribution in [2.24, 2.45) is 4.99 Å². The molecule has 0 aliphatic heterocycles. The number of fused-ring (bicyclic) bond motifs is 1. The van der Waals surface area contributed by atoms with Gasteiger partial charge in [0, 0.05) is 18.7 Å². The average molecular weight is 265 g/mol. The van der Waals surface area contributed by atoms with Gasteiger partial charge in [0.15, 0.2) is 0 Å². The summed E-state index contributed by atoms with van der Waals surface area (Å²) >= 11 is 0. The fourth-order valence-corrected chi connectivity index (χ4v) is 3.06. The lowest BCUT2D eigenvalue weighted by Gasteiger charge is -2.28. The second-order valence-electron chi connectivity index (χ2n) is 5.12. The van der Waals surface area contributed by atoms with Gasteiger partial charge in [0.05, 0.1) is 7.11 Å². The number of benzene rings is 2. The van der Waals surface area contributed by atoms with Gasteiger partial charge in [-0.3, -0.25) is 4.99 Å². The van der Waals surface area contributed by atoms with E-state index in [1.807, 2.05) is 13.1 Å². The molecular weight excluding hydrogens is 246 g/mol. The van der Waals surface area contributed by atoms with Gasteiger partial charge in [-0.25, -0.2) is 0 Å². The first-order chi connectivity index (χ1) is 9.83.